The van der Waals surface area contributed by atoms with Crippen molar-refractivity contribution in [2.45, 2.75) is 18.2 Å². The van der Waals surface area contributed by atoms with Gasteiger partial charge in [0.1, 0.15) is 0 Å². The molecule has 1 aromatic rings. The lowest BCUT2D eigenvalue weighted by Gasteiger charge is -2.33. The number of rotatable bonds is 1. The van der Waals surface area contributed by atoms with Crippen LogP contribution in [0.2, 0.25) is 5.22 Å². The van der Waals surface area contributed by atoms with Gasteiger partial charge >= 0.3 is 0 Å². The molecule has 0 saturated carbocycles. The van der Waals surface area contributed by atoms with Gasteiger partial charge in [-0.3, -0.25) is 4.79 Å². The van der Waals surface area contributed by atoms with E-state index >= 15 is 0 Å². The van der Waals surface area contributed by atoms with E-state index in [1.54, 1.807) is 12.1 Å². The van der Waals surface area contributed by atoms with Gasteiger partial charge in [-0.2, -0.15) is 0 Å². The first-order chi connectivity index (χ1) is 7.58. The third-order valence-electron chi connectivity index (χ3n) is 2.87. The lowest BCUT2D eigenvalue weighted by Crippen LogP contribution is -2.43. The summed E-state index contributed by atoms with van der Waals surface area (Å²) in [6.07, 6.45) is 0.974. The van der Waals surface area contributed by atoms with Crippen molar-refractivity contribution in [3.05, 3.63) is 23.1 Å². The molecule has 0 spiro atoms. The monoisotopic (exact) mass is 305 g/mol. The van der Waals surface area contributed by atoms with Crippen LogP contribution in [0.25, 0.3) is 0 Å². The zero-order valence-corrected chi connectivity index (χ0v) is 11.3. The van der Waals surface area contributed by atoms with Crippen molar-refractivity contribution in [1.29, 1.82) is 0 Å². The molecule has 0 N–H and O–H groups in total. The van der Waals surface area contributed by atoms with Crippen molar-refractivity contribution in [2.24, 2.45) is 5.92 Å². The van der Waals surface area contributed by atoms with E-state index in [-0.39, 0.29) is 11.1 Å². The van der Waals surface area contributed by atoms with Gasteiger partial charge in [0.05, 0.1) is 0 Å². The minimum Gasteiger partial charge on any atom is -0.440 e. The smallest absolute Gasteiger partial charge is 0.289 e. The molecule has 88 valence electrons. The number of carbonyl (C=O) groups is 1. The Morgan fingerprint density at radius 1 is 1.62 bits per heavy atom. The molecular weight excluding hydrogens is 293 g/mol. The minimum atomic E-state index is -0.0712. The molecule has 0 aromatic carbocycles. The Kier molecular flexibility index (Phi) is 3.60. The summed E-state index contributed by atoms with van der Waals surface area (Å²) in [5.41, 5.74) is 0. The largest absolute Gasteiger partial charge is 0.440 e. The lowest BCUT2D eigenvalue weighted by molar-refractivity contribution is 0.0658. The Balaban J connectivity index is 2.06. The fourth-order valence-electron chi connectivity index (χ4n) is 1.89. The van der Waals surface area contributed by atoms with E-state index in [1.165, 1.54) is 0 Å². The number of alkyl halides is 1. The number of carbonyl (C=O) groups excluding carboxylic acids is 1. The summed E-state index contributed by atoms with van der Waals surface area (Å²) < 4.78 is 5.12. The normalized spacial score (nSPS) is 25.8. The number of halogens is 2. The van der Waals surface area contributed by atoms with E-state index in [1.807, 2.05) is 4.90 Å². The molecule has 2 unspecified atom stereocenters. The van der Waals surface area contributed by atoms with Crippen molar-refractivity contribution in [1.82, 2.24) is 4.90 Å². The molecule has 5 heteroatoms. The van der Waals surface area contributed by atoms with E-state index in [4.69, 9.17) is 16.0 Å². The topological polar surface area (TPSA) is 33.5 Å². The predicted molar refractivity (Wildman–Crippen MR) is 66.1 cm³/mol. The summed E-state index contributed by atoms with van der Waals surface area (Å²) in [6.45, 7) is 3.65. The first-order valence-corrected chi connectivity index (χ1v) is 6.56. The van der Waals surface area contributed by atoms with Crippen LogP contribution in [0.1, 0.15) is 23.9 Å². The maximum absolute atomic E-state index is 12.0. The summed E-state index contributed by atoms with van der Waals surface area (Å²) in [6, 6.07) is 3.21. The molecule has 0 bridgehead atoms. The zero-order valence-electron chi connectivity index (χ0n) is 8.95. The molecule has 2 atom stereocenters. The number of amides is 1. The molecule has 1 aliphatic rings. The van der Waals surface area contributed by atoms with Crippen molar-refractivity contribution in [3.8, 4) is 0 Å². The van der Waals surface area contributed by atoms with Crippen molar-refractivity contribution >= 4 is 33.4 Å². The standard InChI is InChI=1S/C11H13BrClNO2/c1-7-6-14(5-4-8(7)12)11(15)9-2-3-10(13)16-9/h2-3,7-8H,4-6H2,1H3. The average molecular weight is 307 g/mol. The van der Waals surface area contributed by atoms with Crippen LogP contribution in [0.15, 0.2) is 16.5 Å². The first-order valence-electron chi connectivity index (χ1n) is 5.26. The highest BCUT2D eigenvalue weighted by molar-refractivity contribution is 9.09. The second kappa shape index (κ2) is 4.80. The van der Waals surface area contributed by atoms with Crippen LogP contribution in [-0.2, 0) is 0 Å². The van der Waals surface area contributed by atoms with Gasteiger partial charge in [0.15, 0.2) is 11.0 Å². The van der Waals surface area contributed by atoms with E-state index in [0.717, 1.165) is 19.5 Å². The second-order valence-electron chi connectivity index (χ2n) is 4.14. The fraction of sp³-hybridized carbons (Fsp3) is 0.545. The quantitative estimate of drug-likeness (QED) is 0.747. The van der Waals surface area contributed by atoms with Gasteiger partial charge in [0.2, 0.25) is 0 Å². The van der Waals surface area contributed by atoms with Crippen molar-refractivity contribution < 1.29 is 9.21 Å². The lowest BCUT2D eigenvalue weighted by atomic mass is 10.00. The highest BCUT2D eigenvalue weighted by Gasteiger charge is 2.28. The maximum Gasteiger partial charge on any atom is 0.289 e. The summed E-state index contributed by atoms with van der Waals surface area (Å²) in [7, 11) is 0. The van der Waals surface area contributed by atoms with E-state index < -0.39 is 0 Å². The molecule has 1 amide bonds. The Labute approximate surface area is 108 Å². The van der Waals surface area contributed by atoms with Gasteiger partial charge in [0.25, 0.3) is 5.91 Å². The van der Waals surface area contributed by atoms with Crippen LogP contribution in [-0.4, -0.2) is 28.7 Å². The third-order valence-corrected chi connectivity index (χ3v) is 4.44. The van der Waals surface area contributed by atoms with Gasteiger partial charge in [-0.25, -0.2) is 0 Å². The molecule has 1 aliphatic heterocycles. The number of hydrogen-bond acceptors (Lipinski definition) is 2. The molecule has 0 radical (unpaired) electrons. The molecule has 2 rings (SSSR count). The molecule has 1 aromatic heterocycles. The van der Waals surface area contributed by atoms with E-state index in [2.05, 4.69) is 22.9 Å². The summed E-state index contributed by atoms with van der Waals surface area (Å²) >= 11 is 9.26. The van der Waals surface area contributed by atoms with Gasteiger partial charge in [0, 0.05) is 17.9 Å². The molecule has 1 fully saturated rings. The average Bonchev–Trinajstić information content (AvgIpc) is 2.68. The molecule has 3 nitrogen and oxygen atoms in total. The van der Waals surface area contributed by atoms with Gasteiger partial charge in [-0.05, 0) is 36.1 Å². The first kappa shape index (κ1) is 12.0. The minimum absolute atomic E-state index is 0.0712. The van der Waals surface area contributed by atoms with Crippen LogP contribution >= 0.6 is 27.5 Å². The molecule has 1 saturated heterocycles. The van der Waals surface area contributed by atoms with Crippen molar-refractivity contribution in [3.63, 3.8) is 0 Å². The van der Waals surface area contributed by atoms with Gasteiger partial charge in [-0.1, -0.05) is 22.9 Å². The number of nitrogens with zero attached hydrogens (tertiary/aromatic N) is 1. The van der Waals surface area contributed by atoms with E-state index in [9.17, 15) is 4.79 Å². The van der Waals surface area contributed by atoms with Crippen LogP contribution in [0.3, 0.4) is 0 Å². The highest BCUT2D eigenvalue weighted by Crippen LogP contribution is 2.25. The van der Waals surface area contributed by atoms with Gasteiger partial charge < -0.3 is 9.32 Å². The summed E-state index contributed by atoms with van der Waals surface area (Å²) in [4.78, 5) is 14.3. The number of hydrogen-bond donors (Lipinski definition) is 0. The fourth-order valence-corrected chi connectivity index (χ4v) is 2.40. The van der Waals surface area contributed by atoms with Crippen LogP contribution in [0.4, 0.5) is 0 Å². The molecule has 16 heavy (non-hydrogen) atoms. The van der Waals surface area contributed by atoms with E-state index in [0.29, 0.717) is 16.5 Å². The number of likely N-dealkylation sites (tertiary alicyclic amines) is 1. The third kappa shape index (κ3) is 2.43. The highest BCUT2D eigenvalue weighted by atomic mass is 79.9. The van der Waals surface area contributed by atoms with Crippen LogP contribution in [0.5, 0.6) is 0 Å². The Morgan fingerprint density at radius 3 is 2.94 bits per heavy atom. The maximum atomic E-state index is 12.0. The summed E-state index contributed by atoms with van der Waals surface area (Å²) in [5, 5.41) is 0.256. The molecule has 0 aliphatic carbocycles. The molecular formula is C11H13BrClNO2. The van der Waals surface area contributed by atoms with Crippen LogP contribution < -0.4 is 0 Å². The molecule has 2 heterocycles. The Hall–Kier alpha value is -0.480. The predicted octanol–water partition coefficient (Wildman–Crippen LogP) is 3.18. The zero-order chi connectivity index (χ0) is 11.7. The Morgan fingerprint density at radius 2 is 2.38 bits per heavy atom. The van der Waals surface area contributed by atoms with Crippen molar-refractivity contribution in [2.75, 3.05) is 13.1 Å². The van der Waals surface area contributed by atoms with Gasteiger partial charge in [-0.15, -0.1) is 0 Å². The van der Waals surface area contributed by atoms with Crippen LogP contribution in [0, 0.1) is 5.92 Å². The SMILES string of the molecule is CC1CN(C(=O)c2ccc(Cl)o2)CCC1Br. The number of furan rings is 1. The Bertz CT molecular complexity index is 393. The number of piperidine rings is 1. The second-order valence-corrected chi connectivity index (χ2v) is 5.69. The summed E-state index contributed by atoms with van der Waals surface area (Å²) in [5.74, 6) is 0.714.